The van der Waals surface area contributed by atoms with Gasteiger partial charge in [0.25, 0.3) is 0 Å². The van der Waals surface area contributed by atoms with E-state index in [0.717, 1.165) is 46.5 Å². The van der Waals surface area contributed by atoms with Gasteiger partial charge in [-0.1, -0.05) is 25.2 Å². The Kier molecular flexibility index (Phi) is 4.94. The molecule has 0 aliphatic carbocycles. The highest BCUT2D eigenvalue weighted by Gasteiger charge is 2.16. The first-order valence-electron chi connectivity index (χ1n) is 6.84. The lowest BCUT2D eigenvalue weighted by molar-refractivity contribution is 0.370. The monoisotopic (exact) mass is 295 g/mol. The summed E-state index contributed by atoms with van der Waals surface area (Å²) < 4.78 is 7.19. The van der Waals surface area contributed by atoms with Gasteiger partial charge in [-0.2, -0.15) is 5.10 Å². The van der Waals surface area contributed by atoms with Crippen LogP contribution in [0.15, 0.2) is 0 Å². The van der Waals surface area contributed by atoms with Crippen molar-refractivity contribution in [1.82, 2.24) is 20.0 Å². The largest absolute Gasteiger partial charge is 0.481 e. The van der Waals surface area contributed by atoms with E-state index in [2.05, 4.69) is 34.5 Å². The summed E-state index contributed by atoms with van der Waals surface area (Å²) in [5.74, 6) is 0.799. The molecule has 0 unspecified atom stereocenters. The van der Waals surface area contributed by atoms with Crippen LogP contribution in [0.4, 0.5) is 5.13 Å². The molecule has 6 nitrogen and oxygen atoms in total. The second-order valence-corrected chi connectivity index (χ2v) is 5.58. The normalized spacial score (nSPS) is 10.8. The van der Waals surface area contributed by atoms with Crippen LogP contribution in [-0.2, 0) is 26.4 Å². The number of nitrogens with zero attached hydrogens (tertiary/aromatic N) is 4. The molecule has 0 spiro atoms. The van der Waals surface area contributed by atoms with Crippen LogP contribution in [0.25, 0.3) is 0 Å². The van der Waals surface area contributed by atoms with Gasteiger partial charge < -0.3 is 10.1 Å². The third-order valence-corrected chi connectivity index (χ3v) is 3.99. The Bertz CT molecular complexity index is 563. The number of anilines is 1. The van der Waals surface area contributed by atoms with Crippen molar-refractivity contribution in [2.24, 2.45) is 7.05 Å². The van der Waals surface area contributed by atoms with Crippen molar-refractivity contribution in [2.45, 2.75) is 39.7 Å². The summed E-state index contributed by atoms with van der Waals surface area (Å²) in [4.78, 5) is 0. The van der Waals surface area contributed by atoms with Gasteiger partial charge in [-0.25, -0.2) is 4.68 Å². The average molecular weight is 295 g/mol. The van der Waals surface area contributed by atoms with Gasteiger partial charge in [0, 0.05) is 20.0 Å². The second kappa shape index (κ2) is 6.69. The summed E-state index contributed by atoms with van der Waals surface area (Å²) in [6.07, 6.45) is 2.95. The Hall–Kier alpha value is -1.63. The smallest absolute Gasteiger partial charge is 0.216 e. The number of hydrogen-bond donors (Lipinski definition) is 1. The van der Waals surface area contributed by atoms with Gasteiger partial charge in [-0.3, -0.25) is 0 Å². The zero-order valence-corrected chi connectivity index (χ0v) is 13.3. The second-order valence-electron chi connectivity index (χ2n) is 4.52. The lowest BCUT2D eigenvalue weighted by Crippen LogP contribution is -2.03. The van der Waals surface area contributed by atoms with Crippen LogP contribution in [0.2, 0.25) is 0 Å². The van der Waals surface area contributed by atoms with Crippen molar-refractivity contribution in [3.8, 4) is 5.88 Å². The number of rotatable bonds is 7. The minimum absolute atomic E-state index is 0.654. The fourth-order valence-electron chi connectivity index (χ4n) is 2.13. The van der Waals surface area contributed by atoms with Crippen molar-refractivity contribution >= 4 is 16.5 Å². The minimum atomic E-state index is 0.654. The zero-order chi connectivity index (χ0) is 14.5. The van der Waals surface area contributed by atoms with Crippen LogP contribution in [-0.4, -0.2) is 27.1 Å². The molecule has 2 heterocycles. The lowest BCUT2D eigenvalue weighted by atomic mass is 10.2. The minimum Gasteiger partial charge on any atom is -0.481 e. The number of nitrogens with one attached hydrogen (secondary N) is 1. The number of methoxy groups -OCH3 is 1. The van der Waals surface area contributed by atoms with E-state index in [-0.39, 0.29) is 0 Å². The van der Waals surface area contributed by atoms with Crippen LogP contribution in [0.3, 0.4) is 0 Å². The van der Waals surface area contributed by atoms with Gasteiger partial charge in [0.15, 0.2) is 0 Å². The van der Waals surface area contributed by atoms with Gasteiger partial charge in [-0.15, -0.1) is 10.2 Å². The number of aromatic nitrogens is 4. The lowest BCUT2D eigenvalue weighted by Gasteiger charge is -2.05. The Labute approximate surface area is 123 Å². The standard InChI is InChI=1S/C13H21N5OS/c1-5-7-11-15-16-13(20-11)14-8-9-10(6-2)17-18(3)12(9)19-4/h5-8H2,1-4H3,(H,14,16). The molecule has 0 amide bonds. The molecule has 0 aliphatic heterocycles. The summed E-state index contributed by atoms with van der Waals surface area (Å²) in [5.41, 5.74) is 2.14. The molecule has 1 N–H and O–H groups in total. The summed E-state index contributed by atoms with van der Waals surface area (Å²) in [5, 5.41) is 18.0. The first-order chi connectivity index (χ1) is 9.69. The maximum absolute atomic E-state index is 5.42. The SMILES string of the molecule is CCCc1nnc(NCc2c(CC)nn(C)c2OC)s1. The third-order valence-electron chi connectivity index (χ3n) is 3.05. The van der Waals surface area contributed by atoms with Gasteiger partial charge >= 0.3 is 0 Å². The van der Waals surface area contributed by atoms with E-state index in [1.807, 2.05) is 7.05 Å². The van der Waals surface area contributed by atoms with Gasteiger partial charge in [0.05, 0.1) is 18.4 Å². The van der Waals surface area contributed by atoms with Crippen molar-refractivity contribution in [2.75, 3.05) is 12.4 Å². The van der Waals surface area contributed by atoms with Gasteiger partial charge in [0.2, 0.25) is 11.0 Å². The summed E-state index contributed by atoms with van der Waals surface area (Å²) in [6, 6.07) is 0. The third kappa shape index (κ3) is 3.09. The fourth-order valence-corrected chi connectivity index (χ4v) is 2.96. The average Bonchev–Trinajstić information content (AvgIpc) is 3.00. The van der Waals surface area contributed by atoms with Crippen molar-refractivity contribution in [3.05, 3.63) is 16.3 Å². The molecule has 0 atom stereocenters. The number of aryl methyl sites for hydroxylation is 3. The molecule has 0 saturated carbocycles. The van der Waals surface area contributed by atoms with Crippen molar-refractivity contribution in [3.63, 3.8) is 0 Å². The van der Waals surface area contributed by atoms with E-state index in [0.29, 0.717) is 6.54 Å². The van der Waals surface area contributed by atoms with Crippen molar-refractivity contribution in [1.29, 1.82) is 0 Å². The predicted octanol–water partition coefficient (Wildman–Crippen LogP) is 2.41. The van der Waals surface area contributed by atoms with Crippen LogP contribution in [0.5, 0.6) is 5.88 Å². The Morgan fingerprint density at radius 1 is 1.30 bits per heavy atom. The molecule has 0 radical (unpaired) electrons. The molecular weight excluding hydrogens is 274 g/mol. The Balaban J connectivity index is 2.09. The van der Waals surface area contributed by atoms with Gasteiger partial charge in [0.1, 0.15) is 5.01 Å². The van der Waals surface area contributed by atoms with Gasteiger partial charge in [-0.05, 0) is 12.8 Å². The van der Waals surface area contributed by atoms with Crippen molar-refractivity contribution < 1.29 is 4.74 Å². The van der Waals surface area contributed by atoms with Crippen LogP contribution >= 0.6 is 11.3 Å². The summed E-state index contributed by atoms with van der Waals surface area (Å²) in [6.45, 7) is 4.89. The molecule has 7 heteroatoms. The fraction of sp³-hybridized carbons (Fsp3) is 0.615. The topological polar surface area (TPSA) is 64.9 Å². The summed E-state index contributed by atoms with van der Waals surface area (Å²) in [7, 11) is 3.57. The highest BCUT2D eigenvalue weighted by molar-refractivity contribution is 7.15. The Morgan fingerprint density at radius 3 is 2.75 bits per heavy atom. The number of hydrogen-bond acceptors (Lipinski definition) is 6. The highest BCUT2D eigenvalue weighted by Crippen LogP contribution is 2.24. The molecule has 0 aliphatic rings. The van der Waals surface area contributed by atoms with Crippen LogP contribution in [0, 0.1) is 0 Å². The quantitative estimate of drug-likeness (QED) is 0.849. The first kappa shape index (κ1) is 14.8. The zero-order valence-electron chi connectivity index (χ0n) is 12.4. The molecule has 110 valence electrons. The van der Waals surface area contributed by atoms with E-state index in [4.69, 9.17) is 4.74 Å². The predicted molar refractivity (Wildman–Crippen MR) is 80.4 cm³/mol. The highest BCUT2D eigenvalue weighted by atomic mass is 32.1. The maximum atomic E-state index is 5.42. The van der Waals surface area contributed by atoms with E-state index in [9.17, 15) is 0 Å². The molecule has 0 aromatic carbocycles. The number of ether oxygens (including phenoxy) is 1. The molecule has 0 fully saturated rings. The molecular formula is C13H21N5OS. The summed E-state index contributed by atoms with van der Waals surface area (Å²) >= 11 is 1.61. The van der Waals surface area contributed by atoms with Crippen LogP contribution in [0.1, 0.15) is 36.5 Å². The van der Waals surface area contributed by atoms with E-state index >= 15 is 0 Å². The van der Waals surface area contributed by atoms with E-state index in [1.54, 1.807) is 23.1 Å². The van der Waals surface area contributed by atoms with E-state index in [1.165, 1.54) is 0 Å². The van der Waals surface area contributed by atoms with E-state index < -0.39 is 0 Å². The molecule has 2 rings (SSSR count). The maximum Gasteiger partial charge on any atom is 0.216 e. The molecule has 2 aromatic rings. The first-order valence-corrected chi connectivity index (χ1v) is 7.66. The Morgan fingerprint density at radius 2 is 2.10 bits per heavy atom. The van der Waals surface area contributed by atoms with Crippen LogP contribution < -0.4 is 10.1 Å². The molecule has 2 aromatic heterocycles. The molecule has 0 bridgehead atoms. The molecule has 0 saturated heterocycles. The molecule has 20 heavy (non-hydrogen) atoms.